The smallest absolute Gasteiger partial charge is 0.225 e. The summed E-state index contributed by atoms with van der Waals surface area (Å²) in [6.45, 7) is 4.32. The SMILES string of the molecule is O=C(C1CCCCC1)N1CCN(Cc2ccc(F)cc2)CC1. The van der Waals surface area contributed by atoms with Crippen LogP contribution in [0.4, 0.5) is 4.39 Å². The molecule has 1 saturated heterocycles. The normalized spacial score (nSPS) is 21.0. The summed E-state index contributed by atoms with van der Waals surface area (Å²) < 4.78 is 12.9. The lowest BCUT2D eigenvalue weighted by atomic mass is 9.88. The molecule has 0 aromatic heterocycles. The van der Waals surface area contributed by atoms with Crippen molar-refractivity contribution in [3.63, 3.8) is 0 Å². The number of piperazine rings is 1. The van der Waals surface area contributed by atoms with Gasteiger partial charge in [-0.15, -0.1) is 0 Å². The van der Waals surface area contributed by atoms with Crippen LogP contribution in [0.3, 0.4) is 0 Å². The second-order valence-corrected chi connectivity index (χ2v) is 6.56. The fourth-order valence-corrected chi connectivity index (χ4v) is 3.58. The van der Waals surface area contributed by atoms with Gasteiger partial charge in [0.25, 0.3) is 0 Å². The Bertz CT molecular complexity index is 488. The van der Waals surface area contributed by atoms with Gasteiger partial charge in [-0.2, -0.15) is 0 Å². The molecule has 1 amide bonds. The van der Waals surface area contributed by atoms with Crippen molar-refractivity contribution in [1.82, 2.24) is 9.80 Å². The van der Waals surface area contributed by atoms with Crippen molar-refractivity contribution in [2.24, 2.45) is 5.92 Å². The summed E-state index contributed by atoms with van der Waals surface area (Å²) in [4.78, 5) is 16.9. The molecular weight excluding hydrogens is 279 g/mol. The number of nitrogens with zero attached hydrogens (tertiary/aromatic N) is 2. The van der Waals surface area contributed by atoms with Gasteiger partial charge in [0, 0.05) is 38.6 Å². The van der Waals surface area contributed by atoms with Crippen LogP contribution in [0.25, 0.3) is 0 Å². The molecular formula is C18H25FN2O. The standard InChI is InChI=1S/C18H25FN2O/c19-17-8-6-15(7-9-17)14-20-10-12-21(13-11-20)18(22)16-4-2-1-3-5-16/h6-9,16H,1-5,10-14H2. The first-order valence-electron chi connectivity index (χ1n) is 8.48. The van der Waals surface area contributed by atoms with E-state index in [4.69, 9.17) is 0 Å². The number of halogens is 1. The maximum Gasteiger partial charge on any atom is 0.225 e. The fourth-order valence-electron chi connectivity index (χ4n) is 3.58. The van der Waals surface area contributed by atoms with E-state index in [-0.39, 0.29) is 11.7 Å². The van der Waals surface area contributed by atoms with Crippen molar-refractivity contribution in [1.29, 1.82) is 0 Å². The van der Waals surface area contributed by atoms with Crippen LogP contribution in [0.1, 0.15) is 37.7 Å². The zero-order valence-corrected chi connectivity index (χ0v) is 13.1. The summed E-state index contributed by atoms with van der Waals surface area (Å²) in [6.07, 6.45) is 5.86. The van der Waals surface area contributed by atoms with Gasteiger partial charge in [-0.05, 0) is 30.5 Å². The van der Waals surface area contributed by atoms with Crippen LogP contribution in [0, 0.1) is 11.7 Å². The van der Waals surface area contributed by atoms with Crippen LogP contribution < -0.4 is 0 Å². The number of carbonyl (C=O) groups is 1. The molecule has 1 aromatic carbocycles. The van der Waals surface area contributed by atoms with Gasteiger partial charge in [0.15, 0.2) is 0 Å². The first-order chi connectivity index (χ1) is 10.7. The Hall–Kier alpha value is -1.42. The minimum Gasteiger partial charge on any atom is -0.340 e. The molecule has 1 aliphatic carbocycles. The Morgan fingerprint density at radius 1 is 1.00 bits per heavy atom. The zero-order valence-electron chi connectivity index (χ0n) is 13.1. The van der Waals surface area contributed by atoms with Crippen LogP contribution in [0.15, 0.2) is 24.3 Å². The average Bonchev–Trinajstić information content (AvgIpc) is 2.58. The van der Waals surface area contributed by atoms with E-state index < -0.39 is 0 Å². The molecule has 1 saturated carbocycles. The Kier molecular flexibility index (Phi) is 5.08. The highest BCUT2D eigenvalue weighted by atomic mass is 19.1. The highest BCUT2D eigenvalue weighted by Gasteiger charge is 2.28. The number of hydrogen-bond donors (Lipinski definition) is 0. The molecule has 22 heavy (non-hydrogen) atoms. The van der Waals surface area contributed by atoms with Crippen molar-refractivity contribution in [2.75, 3.05) is 26.2 Å². The van der Waals surface area contributed by atoms with E-state index in [1.165, 1.54) is 31.4 Å². The van der Waals surface area contributed by atoms with Gasteiger partial charge in [-0.25, -0.2) is 4.39 Å². The van der Waals surface area contributed by atoms with Crippen LogP contribution in [0.2, 0.25) is 0 Å². The largest absolute Gasteiger partial charge is 0.340 e. The second kappa shape index (κ2) is 7.23. The number of hydrogen-bond acceptors (Lipinski definition) is 2. The lowest BCUT2D eigenvalue weighted by molar-refractivity contribution is -0.138. The molecule has 0 radical (unpaired) electrons. The lowest BCUT2D eigenvalue weighted by Crippen LogP contribution is -2.50. The van der Waals surface area contributed by atoms with Gasteiger partial charge in [0.1, 0.15) is 5.82 Å². The van der Waals surface area contributed by atoms with Crippen LogP contribution in [-0.2, 0) is 11.3 Å². The molecule has 0 N–H and O–H groups in total. The van der Waals surface area contributed by atoms with E-state index in [1.54, 1.807) is 0 Å². The van der Waals surface area contributed by atoms with Gasteiger partial charge in [-0.3, -0.25) is 9.69 Å². The van der Waals surface area contributed by atoms with Gasteiger partial charge in [-0.1, -0.05) is 31.4 Å². The molecule has 2 aliphatic rings. The molecule has 3 rings (SSSR count). The molecule has 0 bridgehead atoms. The van der Waals surface area contributed by atoms with Crippen LogP contribution in [-0.4, -0.2) is 41.9 Å². The molecule has 3 nitrogen and oxygen atoms in total. The quantitative estimate of drug-likeness (QED) is 0.857. The lowest BCUT2D eigenvalue weighted by Gasteiger charge is -2.37. The topological polar surface area (TPSA) is 23.6 Å². The minimum atomic E-state index is -0.188. The molecule has 0 atom stereocenters. The van der Waals surface area contributed by atoms with Gasteiger partial charge >= 0.3 is 0 Å². The number of carbonyl (C=O) groups excluding carboxylic acids is 1. The van der Waals surface area contributed by atoms with E-state index in [1.807, 2.05) is 12.1 Å². The Morgan fingerprint density at radius 3 is 2.27 bits per heavy atom. The molecule has 2 fully saturated rings. The minimum absolute atomic E-state index is 0.188. The fraction of sp³-hybridized carbons (Fsp3) is 0.611. The Balaban J connectivity index is 1.47. The maximum absolute atomic E-state index is 12.9. The molecule has 1 aliphatic heterocycles. The molecule has 0 unspecified atom stereocenters. The van der Waals surface area contributed by atoms with Crippen molar-refractivity contribution >= 4 is 5.91 Å². The number of amides is 1. The van der Waals surface area contributed by atoms with E-state index in [2.05, 4.69) is 9.80 Å². The molecule has 4 heteroatoms. The van der Waals surface area contributed by atoms with Gasteiger partial charge in [0.05, 0.1) is 0 Å². The van der Waals surface area contributed by atoms with Crippen molar-refractivity contribution in [3.05, 3.63) is 35.6 Å². The van der Waals surface area contributed by atoms with Gasteiger partial charge < -0.3 is 4.90 Å². The molecule has 1 aromatic rings. The molecule has 0 spiro atoms. The monoisotopic (exact) mass is 304 g/mol. The summed E-state index contributed by atoms with van der Waals surface area (Å²) in [6, 6.07) is 6.71. The number of benzene rings is 1. The maximum atomic E-state index is 12.9. The summed E-state index contributed by atoms with van der Waals surface area (Å²) in [5.74, 6) is 0.463. The van der Waals surface area contributed by atoms with E-state index in [0.717, 1.165) is 51.1 Å². The summed E-state index contributed by atoms with van der Waals surface area (Å²) in [5.41, 5.74) is 1.13. The third-order valence-corrected chi connectivity index (χ3v) is 4.96. The Morgan fingerprint density at radius 2 is 1.64 bits per heavy atom. The first-order valence-corrected chi connectivity index (χ1v) is 8.48. The van der Waals surface area contributed by atoms with Crippen LogP contribution in [0.5, 0.6) is 0 Å². The van der Waals surface area contributed by atoms with Gasteiger partial charge in [0.2, 0.25) is 5.91 Å². The zero-order chi connectivity index (χ0) is 15.4. The van der Waals surface area contributed by atoms with E-state index in [9.17, 15) is 9.18 Å². The summed E-state index contributed by atoms with van der Waals surface area (Å²) in [7, 11) is 0. The van der Waals surface area contributed by atoms with Crippen molar-refractivity contribution in [2.45, 2.75) is 38.6 Å². The third kappa shape index (κ3) is 3.86. The van der Waals surface area contributed by atoms with Crippen LogP contribution >= 0.6 is 0 Å². The molecule has 120 valence electrons. The summed E-state index contributed by atoms with van der Waals surface area (Å²) >= 11 is 0. The first kappa shape index (κ1) is 15.5. The molecule has 1 heterocycles. The van der Waals surface area contributed by atoms with Crippen molar-refractivity contribution < 1.29 is 9.18 Å². The van der Waals surface area contributed by atoms with E-state index in [0.29, 0.717) is 5.91 Å². The predicted octanol–water partition coefficient (Wildman–Crippen LogP) is 3.05. The highest BCUT2D eigenvalue weighted by molar-refractivity contribution is 5.79. The predicted molar refractivity (Wildman–Crippen MR) is 84.8 cm³/mol. The average molecular weight is 304 g/mol. The Labute approximate surface area is 132 Å². The third-order valence-electron chi connectivity index (χ3n) is 4.96. The van der Waals surface area contributed by atoms with E-state index >= 15 is 0 Å². The number of rotatable bonds is 3. The summed E-state index contributed by atoms with van der Waals surface area (Å²) in [5, 5.41) is 0. The van der Waals surface area contributed by atoms with Crippen molar-refractivity contribution in [3.8, 4) is 0 Å². The second-order valence-electron chi connectivity index (χ2n) is 6.56. The highest BCUT2D eigenvalue weighted by Crippen LogP contribution is 2.26.